The van der Waals surface area contributed by atoms with Crippen LogP contribution in [0.1, 0.15) is 16.7 Å². The summed E-state index contributed by atoms with van der Waals surface area (Å²) in [5.74, 6) is -0.321. The van der Waals surface area contributed by atoms with Crippen LogP contribution in [-0.4, -0.2) is 30.5 Å². The fraction of sp³-hybridized carbons (Fsp3) is 0.190. The van der Waals surface area contributed by atoms with Crippen LogP contribution in [0.15, 0.2) is 53.6 Å². The Morgan fingerprint density at radius 1 is 1.03 bits per heavy atom. The second kappa shape index (κ2) is 7.31. The van der Waals surface area contributed by atoms with Gasteiger partial charge in [0.05, 0.1) is 5.69 Å². The van der Waals surface area contributed by atoms with Crippen molar-refractivity contribution in [2.24, 2.45) is 0 Å². The van der Waals surface area contributed by atoms with Gasteiger partial charge in [-0.3, -0.25) is 14.2 Å². The maximum Gasteiger partial charge on any atom is 0.284 e. The molecule has 2 aromatic heterocycles. The van der Waals surface area contributed by atoms with Crippen molar-refractivity contribution >= 4 is 22.8 Å². The molecule has 0 atom stereocenters. The number of nitrogens with one attached hydrogen (secondary N) is 1. The summed E-state index contributed by atoms with van der Waals surface area (Å²) in [6.07, 6.45) is 1.35. The zero-order valence-electron chi connectivity index (χ0n) is 16.4. The molecule has 0 saturated heterocycles. The Kier molecular flexibility index (Phi) is 4.67. The van der Waals surface area contributed by atoms with Gasteiger partial charge in [-0.25, -0.2) is 4.98 Å². The van der Waals surface area contributed by atoms with Crippen LogP contribution >= 0.6 is 0 Å². The molecule has 0 radical (unpaired) electrons. The van der Waals surface area contributed by atoms with Crippen molar-refractivity contribution in [3.05, 3.63) is 75.8 Å². The van der Waals surface area contributed by atoms with E-state index < -0.39 is 5.56 Å². The minimum atomic E-state index is -0.413. The minimum Gasteiger partial charge on any atom is -0.325 e. The van der Waals surface area contributed by atoms with Gasteiger partial charge in [-0.05, 0) is 56.2 Å². The molecule has 0 aliphatic heterocycles. The summed E-state index contributed by atoms with van der Waals surface area (Å²) in [7, 11) is 0. The lowest BCUT2D eigenvalue weighted by molar-refractivity contribution is -0.116. The normalized spacial score (nSPS) is 11.0. The van der Waals surface area contributed by atoms with Gasteiger partial charge in [0.25, 0.3) is 5.56 Å². The highest BCUT2D eigenvalue weighted by Crippen LogP contribution is 2.16. The molecule has 0 fully saturated rings. The van der Waals surface area contributed by atoms with Crippen LogP contribution in [0, 0.1) is 20.8 Å². The van der Waals surface area contributed by atoms with Gasteiger partial charge in [-0.1, -0.05) is 29.0 Å². The van der Waals surface area contributed by atoms with Crippen molar-refractivity contribution in [3.63, 3.8) is 0 Å². The predicted octanol–water partition coefficient (Wildman–Crippen LogP) is 2.54. The molecule has 4 rings (SSSR count). The number of nitrogens with zero attached hydrogens (tertiary/aromatic N) is 5. The van der Waals surface area contributed by atoms with E-state index >= 15 is 0 Å². The van der Waals surface area contributed by atoms with Crippen LogP contribution in [0.3, 0.4) is 0 Å². The Bertz CT molecular complexity index is 1270. The quantitative estimate of drug-likeness (QED) is 0.580. The van der Waals surface area contributed by atoms with Gasteiger partial charge in [-0.15, -0.1) is 5.10 Å². The number of rotatable bonds is 4. The van der Waals surface area contributed by atoms with Crippen molar-refractivity contribution in [3.8, 4) is 5.69 Å². The lowest BCUT2D eigenvalue weighted by Gasteiger charge is -2.08. The molecule has 0 aliphatic carbocycles. The second-order valence-corrected chi connectivity index (χ2v) is 7.03. The fourth-order valence-electron chi connectivity index (χ4n) is 2.98. The van der Waals surface area contributed by atoms with Crippen LogP contribution in [0.2, 0.25) is 0 Å². The van der Waals surface area contributed by atoms with E-state index in [1.807, 2.05) is 63.2 Å². The first-order valence-electron chi connectivity index (χ1n) is 9.17. The molecule has 0 unspecified atom stereocenters. The fourth-order valence-corrected chi connectivity index (χ4v) is 2.98. The van der Waals surface area contributed by atoms with Crippen molar-refractivity contribution in [1.82, 2.24) is 24.5 Å². The highest BCUT2D eigenvalue weighted by molar-refractivity contribution is 5.90. The van der Waals surface area contributed by atoms with E-state index in [0.29, 0.717) is 11.3 Å². The molecule has 4 aromatic rings. The molecule has 8 nitrogen and oxygen atoms in total. The van der Waals surface area contributed by atoms with E-state index in [0.717, 1.165) is 22.4 Å². The van der Waals surface area contributed by atoms with Gasteiger partial charge in [-0.2, -0.15) is 4.68 Å². The number of amides is 1. The van der Waals surface area contributed by atoms with Crippen LogP contribution < -0.4 is 10.9 Å². The van der Waals surface area contributed by atoms with Gasteiger partial charge in [0.15, 0.2) is 11.2 Å². The van der Waals surface area contributed by atoms with Crippen molar-refractivity contribution in [2.45, 2.75) is 27.3 Å². The third-order valence-corrected chi connectivity index (χ3v) is 4.81. The first-order valence-corrected chi connectivity index (χ1v) is 9.17. The molecule has 2 aromatic carbocycles. The number of benzene rings is 2. The molecule has 8 heteroatoms. The minimum absolute atomic E-state index is 0.119. The average Bonchev–Trinajstić information content (AvgIpc) is 3.13. The van der Waals surface area contributed by atoms with Gasteiger partial charge >= 0.3 is 0 Å². The van der Waals surface area contributed by atoms with Gasteiger partial charge in [0.1, 0.15) is 12.9 Å². The maximum absolute atomic E-state index is 12.8. The number of aromatic nitrogens is 5. The molecule has 0 spiro atoms. The summed E-state index contributed by atoms with van der Waals surface area (Å²) in [4.78, 5) is 29.4. The molecule has 1 N–H and O–H groups in total. The molecule has 2 heterocycles. The van der Waals surface area contributed by atoms with Crippen molar-refractivity contribution in [1.29, 1.82) is 0 Å². The van der Waals surface area contributed by atoms with Crippen LogP contribution in [-0.2, 0) is 11.3 Å². The molecule has 0 saturated carbocycles. The smallest absolute Gasteiger partial charge is 0.284 e. The molecule has 29 heavy (non-hydrogen) atoms. The number of hydrogen-bond donors (Lipinski definition) is 1. The summed E-state index contributed by atoms with van der Waals surface area (Å²) in [5, 5.41) is 10.8. The number of aryl methyl sites for hydroxylation is 3. The maximum atomic E-state index is 12.8. The topological polar surface area (TPSA) is 94.7 Å². The number of anilines is 1. The zero-order chi connectivity index (χ0) is 20.5. The Labute approximate surface area is 166 Å². The van der Waals surface area contributed by atoms with E-state index in [2.05, 4.69) is 20.6 Å². The van der Waals surface area contributed by atoms with Gasteiger partial charge in [0.2, 0.25) is 5.91 Å². The van der Waals surface area contributed by atoms with Crippen molar-refractivity contribution < 1.29 is 4.79 Å². The lowest BCUT2D eigenvalue weighted by atomic mass is 10.1. The van der Waals surface area contributed by atoms with Crippen LogP contribution in [0.4, 0.5) is 5.69 Å². The summed E-state index contributed by atoms with van der Waals surface area (Å²) >= 11 is 0. The van der Waals surface area contributed by atoms with Gasteiger partial charge < -0.3 is 5.32 Å². The van der Waals surface area contributed by atoms with E-state index in [-0.39, 0.29) is 18.0 Å². The molecule has 1 amide bonds. The van der Waals surface area contributed by atoms with E-state index in [4.69, 9.17) is 0 Å². The van der Waals surface area contributed by atoms with Gasteiger partial charge in [0, 0.05) is 5.69 Å². The third-order valence-electron chi connectivity index (χ3n) is 4.81. The Balaban J connectivity index is 1.61. The van der Waals surface area contributed by atoms with Crippen LogP contribution in [0.25, 0.3) is 16.9 Å². The number of hydrogen-bond acceptors (Lipinski definition) is 5. The highest BCUT2D eigenvalue weighted by Gasteiger charge is 2.15. The SMILES string of the molecule is Cc1ccc(NC(=O)Cn2cnc3c(nnn3-c3ccc(C)c(C)c3)c2=O)cc1. The van der Waals surface area contributed by atoms with E-state index in [9.17, 15) is 9.59 Å². The molecule has 0 aliphatic rings. The monoisotopic (exact) mass is 388 g/mol. The number of carbonyl (C=O) groups is 1. The first kappa shape index (κ1) is 18.5. The first-order chi connectivity index (χ1) is 13.9. The molecular formula is C21H20N6O2. The summed E-state index contributed by atoms with van der Waals surface area (Å²) in [6, 6.07) is 13.3. The second-order valence-electron chi connectivity index (χ2n) is 7.03. The summed E-state index contributed by atoms with van der Waals surface area (Å²) in [5.41, 5.74) is 4.87. The average molecular weight is 388 g/mol. The largest absolute Gasteiger partial charge is 0.325 e. The molecular weight excluding hydrogens is 368 g/mol. The van der Waals surface area contributed by atoms with E-state index in [1.54, 1.807) is 0 Å². The lowest BCUT2D eigenvalue weighted by Crippen LogP contribution is -2.28. The predicted molar refractivity (Wildman–Crippen MR) is 110 cm³/mol. The molecule has 146 valence electrons. The summed E-state index contributed by atoms with van der Waals surface area (Å²) in [6.45, 7) is 5.84. The standard InChI is InChI=1S/C21H20N6O2/c1-13-4-7-16(8-5-13)23-18(28)11-26-12-22-20-19(21(26)29)24-25-27(20)17-9-6-14(2)15(3)10-17/h4-10,12H,11H2,1-3H3,(H,23,28). The highest BCUT2D eigenvalue weighted by atomic mass is 16.2. The number of carbonyl (C=O) groups excluding carboxylic acids is 1. The number of fused-ring (bicyclic) bond motifs is 1. The molecule has 0 bridgehead atoms. The Morgan fingerprint density at radius 3 is 2.52 bits per heavy atom. The van der Waals surface area contributed by atoms with E-state index in [1.165, 1.54) is 15.6 Å². The Morgan fingerprint density at radius 2 is 1.79 bits per heavy atom. The van der Waals surface area contributed by atoms with Crippen molar-refractivity contribution in [2.75, 3.05) is 5.32 Å². The third kappa shape index (κ3) is 3.64. The summed E-state index contributed by atoms with van der Waals surface area (Å²) < 4.78 is 2.76. The van der Waals surface area contributed by atoms with Crippen LogP contribution in [0.5, 0.6) is 0 Å². The zero-order valence-corrected chi connectivity index (χ0v) is 16.4. The Hall–Kier alpha value is -3.81.